The number of hydrogen-bond acceptors (Lipinski definition) is 4. The van der Waals surface area contributed by atoms with Crippen LogP contribution in [0.4, 0.5) is 5.69 Å². The highest BCUT2D eigenvalue weighted by atomic mass is 32.2. The summed E-state index contributed by atoms with van der Waals surface area (Å²) in [5.41, 5.74) is 4.22. The summed E-state index contributed by atoms with van der Waals surface area (Å²) in [6.07, 6.45) is 6.08. The molecule has 0 saturated carbocycles. The number of carbonyl (C=O) groups is 1. The summed E-state index contributed by atoms with van der Waals surface area (Å²) >= 11 is 0. The summed E-state index contributed by atoms with van der Waals surface area (Å²) < 4.78 is 31.6. The van der Waals surface area contributed by atoms with Gasteiger partial charge in [-0.2, -0.15) is 0 Å². The first-order chi connectivity index (χ1) is 14.7. The molecular weight excluding hydrogens is 412 g/mol. The lowest BCUT2D eigenvalue weighted by Gasteiger charge is -2.31. The van der Waals surface area contributed by atoms with Gasteiger partial charge in [0.05, 0.1) is 25.1 Å². The highest BCUT2D eigenvalue weighted by Crippen LogP contribution is 2.27. The summed E-state index contributed by atoms with van der Waals surface area (Å²) in [7, 11) is -2.13. The fourth-order valence-corrected chi connectivity index (χ4v) is 5.42. The Hall–Kier alpha value is -2.54. The second-order valence-electron chi connectivity index (χ2n) is 8.15. The van der Waals surface area contributed by atoms with E-state index in [0.29, 0.717) is 17.9 Å². The third kappa shape index (κ3) is 5.39. The number of fused-ring (bicyclic) bond motifs is 1. The molecule has 6 nitrogen and oxygen atoms in total. The molecule has 0 bridgehead atoms. The second kappa shape index (κ2) is 9.73. The molecule has 2 unspecified atom stereocenters. The van der Waals surface area contributed by atoms with Gasteiger partial charge in [0.1, 0.15) is 11.8 Å². The molecule has 1 N–H and O–H groups in total. The maximum absolute atomic E-state index is 13.2. The van der Waals surface area contributed by atoms with Crippen LogP contribution in [0.3, 0.4) is 0 Å². The Labute approximate surface area is 185 Å². The molecule has 1 amide bonds. The lowest BCUT2D eigenvalue weighted by molar-refractivity contribution is -0.122. The molecule has 0 aromatic heterocycles. The molecule has 0 saturated heterocycles. The van der Waals surface area contributed by atoms with Crippen LogP contribution in [0.1, 0.15) is 55.8 Å². The zero-order valence-corrected chi connectivity index (χ0v) is 19.5. The van der Waals surface area contributed by atoms with Crippen LogP contribution in [-0.4, -0.2) is 33.7 Å². The van der Waals surface area contributed by atoms with E-state index in [-0.39, 0.29) is 11.9 Å². The molecule has 3 rings (SSSR count). The van der Waals surface area contributed by atoms with E-state index in [1.807, 2.05) is 13.8 Å². The number of nitrogens with one attached hydrogen (secondary N) is 1. The molecule has 2 aromatic carbocycles. The van der Waals surface area contributed by atoms with Crippen molar-refractivity contribution in [3.63, 3.8) is 0 Å². The lowest BCUT2D eigenvalue weighted by Crippen LogP contribution is -2.49. The number of carbonyl (C=O) groups excluding carboxylic acids is 1. The van der Waals surface area contributed by atoms with Crippen molar-refractivity contribution in [2.45, 2.75) is 58.0 Å². The van der Waals surface area contributed by atoms with Gasteiger partial charge >= 0.3 is 0 Å². The van der Waals surface area contributed by atoms with Crippen LogP contribution in [0.15, 0.2) is 42.5 Å². The maximum Gasteiger partial charge on any atom is 0.244 e. The van der Waals surface area contributed by atoms with Gasteiger partial charge in [-0.1, -0.05) is 25.1 Å². The number of aryl methyl sites for hydroxylation is 2. The van der Waals surface area contributed by atoms with Crippen LogP contribution < -0.4 is 14.4 Å². The van der Waals surface area contributed by atoms with Crippen molar-refractivity contribution in [3.8, 4) is 5.75 Å². The first-order valence-corrected chi connectivity index (χ1v) is 12.6. The number of ether oxygens (including phenoxy) is 1. The van der Waals surface area contributed by atoms with Gasteiger partial charge in [0, 0.05) is 0 Å². The van der Waals surface area contributed by atoms with Crippen LogP contribution in [0, 0.1) is 0 Å². The standard InChI is InChI=1S/C24H32N2O4S/c1-5-23(26(31(4,28)29)21-12-14-22(30-3)15-13-21)24(27)25-17(2)19-11-10-18-8-6-7-9-20(18)16-19/h10-17,23H,5-9H2,1-4H3,(H,25,27). The summed E-state index contributed by atoms with van der Waals surface area (Å²) in [6, 6.07) is 12.0. The van der Waals surface area contributed by atoms with Gasteiger partial charge in [0.15, 0.2) is 0 Å². The molecule has 7 heteroatoms. The number of anilines is 1. The van der Waals surface area contributed by atoms with Crippen molar-refractivity contribution in [1.29, 1.82) is 0 Å². The molecule has 2 atom stereocenters. The summed E-state index contributed by atoms with van der Waals surface area (Å²) in [4.78, 5) is 13.2. The predicted octanol–water partition coefficient (Wildman–Crippen LogP) is 4.00. The third-order valence-electron chi connectivity index (χ3n) is 5.89. The van der Waals surface area contributed by atoms with E-state index in [1.54, 1.807) is 31.4 Å². The van der Waals surface area contributed by atoms with Crippen LogP contribution in [0.25, 0.3) is 0 Å². The molecular formula is C24H32N2O4S. The smallest absolute Gasteiger partial charge is 0.244 e. The van der Waals surface area contributed by atoms with Gasteiger partial charge in [0.25, 0.3) is 0 Å². The maximum atomic E-state index is 13.2. The Morgan fingerprint density at radius 1 is 1.10 bits per heavy atom. The SMILES string of the molecule is CCC(C(=O)NC(C)c1ccc2c(c1)CCCC2)N(c1ccc(OC)cc1)S(C)(=O)=O. The van der Waals surface area contributed by atoms with E-state index in [0.717, 1.165) is 24.7 Å². The van der Waals surface area contributed by atoms with Gasteiger partial charge in [-0.15, -0.1) is 0 Å². The molecule has 168 valence electrons. The molecule has 0 heterocycles. The van der Waals surface area contributed by atoms with Crippen molar-refractivity contribution in [2.24, 2.45) is 0 Å². The minimum absolute atomic E-state index is 0.217. The number of amides is 1. The lowest BCUT2D eigenvalue weighted by atomic mass is 9.89. The fourth-order valence-electron chi connectivity index (χ4n) is 4.21. The van der Waals surface area contributed by atoms with Gasteiger partial charge < -0.3 is 10.1 Å². The van der Waals surface area contributed by atoms with Gasteiger partial charge in [-0.3, -0.25) is 9.10 Å². The van der Waals surface area contributed by atoms with E-state index in [9.17, 15) is 13.2 Å². The Bertz CT molecular complexity index is 1020. The molecule has 1 aliphatic carbocycles. The summed E-state index contributed by atoms with van der Waals surface area (Å²) in [5, 5.41) is 3.03. The van der Waals surface area contributed by atoms with E-state index < -0.39 is 16.1 Å². The van der Waals surface area contributed by atoms with Gasteiger partial charge in [0.2, 0.25) is 15.9 Å². The summed E-state index contributed by atoms with van der Waals surface area (Å²) in [5.74, 6) is 0.310. The molecule has 0 radical (unpaired) electrons. The first-order valence-electron chi connectivity index (χ1n) is 10.8. The Morgan fingerprint density at radius 3 is 2.32 bits per heavy atom. The van der Waals surface area contributed by atoms with Crippen LogP contribution in [0.5, 0.6) is 5.75 Å². The average Bonchev–Trinajstić information content (AvgIpc) is 2.76. The average molecular weight is 445 g/mol. The van der Waals surface area contributed by atoms with Crippen LogP contribution >= 0.6 is 0 Å². The fraction of sp³-hybridized carbons (Fsp3) is 0.458. The Balaban J connectivity index is 1.82. The monoisotopic (exact) mass is 444 g/mol. The van der Waals surface area contributed by atoms with Crippen molar-refractivity contribution in [1.82, 2.24) is 5.32 Å². The van der Waals surface area contributed by atoms with Gasteiger partial charge in [-0.25, -0.2) is 8.42 Å². The van der Waals surface area contributed by atoms with E-state index >= 15 is 0 Å². The van der Waals surface area contributed by atoms with E-state index in [1.165, 1.54) is 28.3 Å². The second-order valence-corrected chi connectivity index (χ2v) is 10.0. The van der Waals surface area contributed by atoms with Crippen molar-refractivity contribution >= 4 is 21.6 Å². The number of benzene rings is 2. The zero-order chi connectivity index (χ0) is 22.6. The molecule has 0 fully saturated rings. The molecule has 0 aliphatic heterocycles. The quantitative estimate of drug-likeness (QED) is 0.668. The summed E-state index contributed by atoms with van der Waals surface area (Å²) in [6.45, 7) is 3.75. The van der Waals surface area contributed by atoms with Crippen LogP contribution in [-0.2, 0) is 27.7 Å². The molecule has 2 aromatic rings. The number of sulfonamides is 1. The number of methoxy groups -OCH3 is 1. The number of rotatable bonds is 8. The Morgan fingerprint density at radius 2 is 1.74 bits per heavy atom. The number of hydrogen-bond donors (Lipinski definition) is 1. The van der Waals surface area contributed by atoms with Crippen molar-refractivity contribution in [3.05, 3.63) is 59.2 Å². The van der Waals surface area contributed by atoms with Crippen molar-refractivity contribution < 1.29 is 17.9 Å². The number of nitrogens with zero attached hydrogens (tertiary/aromatic N) is 1. The minimum Gasteiger partial charge on any atom is -0.497 e. The predicted molar refractivity (Wildman–Crippen MR) is 124 cm³/mol. The minimum atomic E-state index is -3.67. The highest BCUT2D eigenvalue weighted by molar-refractivity contribution is 7.92. The Kier molecular flexibility index (Phi) is 7.26. The normalized spacial score (nSPS) is 15.5. The third-order valence-corrected chi connectivity index (χ3v) is 7.07. The largest absolute Gasteiger partial charge is 0.497 e. The molecule has 1 aliphatic rings. The van der Waals surface area contributed by atoms with E-state index in [2.05, 4.69) is 23.5 Å². The molecule has 31 heavy (non-hydrogen) atoms. The highest BCUT2D eigenvalue weighted by Gasteiger charge is 2.32. The van der Waals surface area contributed by atoms with E-state index in [4.69, 9.17) is 4.74 Å². The molecule has 0 spiro atoms. The van der Waals surface area contributed by atoms with Gasteiger partial charge in [-0.05, 0) is 80.0 Å². The topological polar surface area (TPSA) is 75.7 Å². The van der Waals surface area contributed by atoms with Crippen LogP contribution in [0.2, 0.25) is 0 Å². The van der Waals surface area contributed by atoms with Crippen molar-refractivity contribution in [2.75, 3.05) is 17.7 Å². The first kappa shape index (κ1) is 23.1. The zero-order valence-electron chi connectivity index (χ0n) is 18.7.